The van der Waals surface area contributed by atoms with Crippen LogP contribution < -0.4 is 15.6 Å². The molecular weight excluding hydrogens is 418 g/mol. The zero-order valence-corrected chi connectivity index (χ0v) is 17.9. The SMILES string of the molecule is CCn1nc(C(=O)Nc2cccc(OCc3cn4ccccc4n3)c2)c2ccccc2c1=O. The second-order valence-electron chi connectivity index (χ2n) is 7.48. The number of aromatic nitrogens is 4. The van der Waals surface area contributed by atoms with Crippen LogP contribution in [0, 0.1) is 0 Å². The summed E-state index contributed by atoms with van der Waals surface area (Å²) in [6.07, 6.45) is 3.85. The molecule has 0 aliphatic rings. The molecule has 2 aromatic carbocycles. The summed E-state index contributed by atoms with van der Waals surface area (Å²) in [5.74, 6) is 0.201. The van der Waals surface area contributed by atoms with Crippen molar-refractivity contribution in [1.82, 2.24) is 19.2 Å². The highest BCUT2D eigenvalue weighted by molar-refractivity contribution is 6.11. The van der Waals surface area contributed by atoms with Crippen LogP contribution in [0.3, 0.4) is 0 Å². The molecule has 1 N–H and O–H groups in total. The van der Waals surface area contributed by atoms with Gasteiger partial charge in [-0.3, -0.25) is 9.59 Å². The van der Waals surface area contributed by atoms with E-state index in [2.05, 4.69) is 15.4 Å². The molecule has 5 aromatic rings. The summed E-state index contributed by atoms with van der Waals surface area (Å²) in [5.41, 5.74) is 2.20. The summed E-state index contributed by atoms with van der Waals surface area (Å²) in [5, 5.41) is 8.13. The highest BCUT2D eigenvalue weighted by atomic mass is 16.5. The predicted molar refractivity (Wildman–Crippen MR) is 126 cm³/mol. The Bertz CT molecular complexity index is 1500. The first-order valence-corrected chi connectivity index (χ1v) is 10.6. The Morgan fingerprint density at radius 3 is 2.67 bits per heavy atom. The van der Waals surface area contributed by atoms with Gasteiger partial charge < -0.3 is 14.5 Å². The number of anilines is 1. The average molecular weight is 439 g/mol. The molecule has 0 spiro atoms. The van der Waals surface area contributed by atoms with E-state index in [1.165, 1.54) is 4.68 Å². The number of hydrogen-bond acceptors (Lipinski definition) is 5. The number of benzene rings is 2. The van der Waals surface area contributed by atoms with Crippen LogP contribution >= 0.6 is 0 Å². The first kappa shape index (κ1) is 20.4. The molecule has 33 heavy (non-hydrogen) atoms. The van der Waals surface area contributed by atoms with Crippen molar-refractivity contribution in [2.24, 2.45) is 0 Å². The van der Waals surface area contributed by atoms with E-state index in [0.29, 0.717) is 35.4 Å². The number of amides is 1. The number of rotatable bonds is 6. The zero-order valence-electron chi connectivity index (χ0n) is 17.9. The van der Waals surface area contributed by atoms with Crippen LogP contribution in [0.15, 0.2) is 83.9 Å². The maximum absolute atomic E-state index is 13.1. The molecule has 0 saturated heterocycles. The van der Waals surface area contributed by atoms with Gasteiger partial charge in [-0.15, -0.1) is 0 Å². The molecule has 5 rings (SSSR count). The van der Waals surface area contributed by atoms with E-state index in [0.717, 1.165) is 11.3 Å². The van der Waals surface area contributed by atoms with Crippen LogP contribution in [-0.2, 0) is 13.2 Å². The number of nitrogens with one attached hydrogen (secondary N) is 1. The third-order valence-electron chi connectivity index (χ3n) is 5.27. The fourth-order valence-electron chi connectivity index (χ4n) is 3.69. The highest BCUT2D eigenvalue weighted by Crippen LogP contribution is 2.21. The van der Waals surface area contributed by atoms with Gasteiger partial charge in [0.25, 0.3) is 11.5 Å². The van der Waals surface area contributed by atoms with Crippen LogP contribution in [-0.4, -0.2) is 25.1 Å². The van der Waals surface area contributed by atoms with Crippen LogP contribution in [0.4, 0.5) is 5.69 Å². The maximum atomic E-state index is 13.1. The Kier molecular flexibility index (Phi) is 5.32. The molecule has 0 bridgehead atoms. The van der Waals surface area contributed by atoms with Crippen LogP contribution in [0.25, 0.3) is 16.4 Å². The normalized spacial score (nSPS) is 11.1. The second-order valence-corrected chi connectivity index (χ2v) is 7.48. The summed E-state index contributed by atoms with van der Waals surface area (Å²) in [6, 6.07) is 19.9. The second kappa shape index (κ2) is 8.58. The van der Waals surface area contributed by atoms with Crippen molar-refractivity contribution in [3.63, 3.8) is 0 Å². The van der Waals surface area contributed by atoms with E-state index >= 15 is 0 Å². The van der Waals surface area contributed by atoms with E-state index in [1.54, 1.807) is 42.5 Å². The van der Waals surface area contributed by atoms with Crippen molar-refractivity contribution in [3.8, 4) is 5.75 Å². The smallest absolute Gasteiger partial charge is 0.276 e. The van der Waals surface area contributed by atoms with Crippen molar-refractivity contribution in [2.45, 2.75) is 20.1 Å². The van der Waals surface area contributed by atoms with Crippen molar-refractivity contribution in [3.05, 3.63) is 101 Å². The maximum Gasteiger partial charge on any atom is 0.276 e. The standard InChI is InChI=1S/C25H21N5O3/c1-2-30-25(32)21-11-4-3-10-20(21)23(28-30)24(31)27-17-8-7-9-19(14-17)33-16-18-15-29-13-6-5-12-22(29)26-18/h3-15H,2,16H2,1H3,(H,27,31). The van der Waals surface area contributed by atoms with Gasteiger partial charge in [-0.25, -0.2) is 9.67 Å². The third kappa shape index (κ3) is 4.06. The number of nitrogens with zero attached hydrogens (tertiary/aromatic N) is 4. The molecule has 0 atom stereocenters. The lowest BCUT2D eigenvalue weighted by Crippen LogP contribution is -2.27. The lowest BCUT2D eigenvalue weighted by atomic mass is 10.1. The lowest BCUT2D eigenvalue weighted by Gasteiger charge is -2.11. The summed E-state index contributed by atoms with van der Waals surface area (Å²) in [4.78, 5) is 30.1. The molecule has 0 aliphatic heterocycles. The molecule has 1 amide bonds. The summed E-state index contributed by atoms with van der Waals surface area (Å²) in [6.45, 7) is 2.48. The number of imidazole rings is 1. The number of hydrogen-bond donors (Lipinski definition) is 1. The van der Waals surface area contributed by atoms with Crippen LogP contribution in [0.2, 0.25) is 0 Å². The summed E-state index contributed by atoms with van der Waals surface area (Å²) < 4.78 is 9.11. The van der Waals surface area contributed by atoms with Gasteiger partial charge in [-0.05, 0) is 37.3 Å². The fourth-order valence-corrected chi connectivity index (χ4v) is 3.69. The average Bonchev–Trinajstić information content (AvgIpc) is 3.26. The largest absolute Gasteiger partial charge is 0.487 e. The molecule has 8 heteroatoms. The predicted octanol–water partition coefficient (Wildman–Crippen LogP) is 3.90. The summed E-state index contributed by atoms with van der Waals surface area (Å²) in [7, 11) is 0. The minimum atomic E-state index is -0.397. The van der Waals surface area contributed by atoms with Gasteiger partial charge in [0.15, 0.2) is 5.69 Å². The molecule has 8 nitrogen and oxygen atoms in total. The first-order valence-electron chi connectivity index (χ1n) is 10.6. The van der Waals surface area contributed by atoms with Gasteiger partial charge in [0.1, 0.15) is 18.0 Å². The van der Waals surface area contributed by atoms with Crippen LogP contribution in [0.1, 0.15) is 23.1 Å². The molecule has 0 radical (unpaired) electrons. The topological polar surface area (TPSA) is 90.5 Å². The molecule has 0 saturated carbocycles. The number of aryl methyl sites for hydroxylation is 1. The number of pyridine rings is 1. The van der Waals surface area contributed by atoms with Gasteiger partial charge >= 0.3 is 0 Å². The van der Waals surface area contributed by atoms with E-state index in [1.807, 2.05) is 48.0 Å². The third-order valence-corrected chi connectivity index (χ3v) is 5.27. The number of carbonyl (C=O) groups is 1. The molecule has 0 aliphatic carbocycles. The molecule has 0 fully saturated rings. The monoisotopic (exact) mass is 439 g/mol. The fraction of sp³-hybridized carbons (Fsp3) is 0.120. The Morgan fingerprint density at radius 2 is 1.85 bits per heavy atom. The van der Waals surface area contributed by atoms with E-state index in [4.69, 9.17) is 4.74 Å². The van der Waals surface area contributed by atoms with Gasteiger partial charge in [-0.1, -0.05) is 30.3 Å². The molecule has 3 aromatic heterocycles. The Balaban J connectivity index is 1.36. The van der Waals surface area contributed by atoms with E-state index in [-0.39, 0.29) is 11.3 Å². The molecular formula is C25H21N5O3. The summed E-state index contributed by atoms with van der Waals surface area (Å²) >= 11 is 0. The minimum absolute atomic E-state index is 0.197. The Labute approximate surface area is 189 Å². The minimum Gasteiger partial charge on any atom is -0.487 e. The molecule has 3 heterocycles. The van der Waals surface area contributed by atoms with Crippen molar-refractivity contribution >= 4 is 28.0 Å². The van der Waals surface area contributed by atoms with Gasteiger partial charge in [0.2, 0.25) is 0 Å². The Morgan fingerprint density at radius 1 is 1.03 bits per heavy atom. The quantitative estimate of drug-likeness (QED) is 0.433. The van der Waals surface area contributed by atoms with E-state index in [9.17, 15) is 9.59 Å². The Hall–Kier alpha value is -4.46. The lowest BCUT2D eigenvalue weighted by molar-refractivity contribution is 0.102. The van der Waals surface area contributed by atoms with Gasteiger partial charge in [-0.2, -0.15) is 5.10 Å². The molecule has 164 valence electrons. The number of carbonyl (C=O) groups excluding carboxylic acids is 1. The van der Waals surface area contributed by atoms with E-state index < -0.39 is 5.91 Å². The van der Waals surface area contributed by atoms with Gasteiger partial charge in [0, 0.05) is 36.1 Å². The van der Waals surface area contributed by atoms with Crippen molar-refractivity contribution < 1.29 is 9.53 Å². The molecule has 0 unspecified atom stereocenters. The first-order chi connectivity index (χ1) is 16.1. The number of ether oxygens (including phenoxy) is 1. The van der Waals surface area contributed by atoms with Crippen LogP contribution in [0.5, 0.6) is 5.75 Å². The zero-order chi connectivity index (χ0) is 22.8. The van der Waals surface area contributed by atoms with Gasteiger partial charge in [0.05, 0.1) is 11.1 Å². The van der Waals surface area contributed by atoms with Crippen molar-refractivity contribution in [2.75, 3.05) is 5.32 Å². The number of fused-ring (bicyclic) bond motifs is 2. The highest BCUT2D eigenvalue weighted by Gasteiger charge is 2.16. The van der Waals surface area contributed by atoms with Crippen molar-refractivity contribution in [1.29, 1.82) is 0 Å².